The lowest BCUT2D eigenvalue weighted by molar-refractivity contribution is 0.669. The summed E-state index contributed by atoms with van der Waals surface area (Å²) in [6, 6.07) is 51.9. The summed E-state index contributed by atoms with van der Waals surface area (Å²) in [7, 11) is 0. The first-order chi connectivity index (χ1) is 24.8. The SMILES string of the molecule is c1ccc(-c2ccc(-c3nc(-c4ccc(-c5cncc6c5oc5ccccc56)cc4)nc(-n4c5ccccc5c5ccccc54)n3)cc2)cc1. The summed E-state index contributed by atoms with van der Waals surface area (Å²) in [6.45, 7) is 0. The fourth-order valence-corrected chi connectivity index (χ4v) is 6.95. The van der Waals surface area contributed by atoms with Gasteiger partial charge in [-0.05, 0) is 34.9 Å². The van der Waals surface area contributed by atoms with Crippen molar-refractivity contribution in [3.8, 4) is 51.0 Å². The van der Waals surface area contributed by atoms with Gasteiger partial charge in [-0.2, -0.15) is 9.97 Å². The van der Waals surface area contributed by atoms with Gasteiger partial charge in [0.05, 0.1) is 11.0 Å². The third-order valence-corrected chi connectivity index (χ3v) is 9.39. The second kappa shape index (κ2) is 11.4. The summed E-state index contributed by atoms with van der Waals surface area (Å²) in [6.07, 6.45) is 3.73. The number of pyridine rings is 1. The maximum atomic E-state index is 6.31. The quantitative estimate of drug-likeness (QED) is 0.187. The van der Waals surface area contributed by atoms with Gasteiger partial charge in [0.2, 0.25) is 5.95 Å². The van der Waals surface area contributed by atoms with E-state index in [9.17, 15) is 0 Å². The average molecular weight is 642 g/mol. The predicted octanol–water partition coefficient (Wildman–Crippen LogP) is 10.9. The zero-order chi connectivity index (χ0) is 33.0. The molecule has 0 saturated heterocycles. The number of nitrogens with zero attached hydrogens (tertiary/aromatic N) is 5. The molecule has 0 aliphatic carbocycles. The Kier molecular flexibility index (Phi) is 6.39. The molecule has 0 bridgehead atoms. The smallest absolute Gasteiger partial charge is 0.238 e. The van der Waals surface area contributed by atoms with Gasteiger partial charge in [-0.15, -0.1) is 0 Å². The van der Waals surface area contributed by atoms with Crippen LogP contribution in [0.5, 0.6) is 0 Å². The number of hydrogen-bond donors (Lipinski definition) is 0. The molecule has 10 aromatic rings. The summed E-state index contributed by atoms with van der Waals surface area (Å²) in [5.41, 5.74) is 9.77. The number of para-hydroxylation sites is 3. The summed E-state index contributed by atoms with van der Waals surface area (Å²) >= 11 is 0. The third kappa shape index (κ3) is 4.58. The van der Waals surface area contributed by atoms with Crippen LogP contribution in [-0.2, 0) is 0 Å². The van der Waals surface area contributed by atoms with Crippen LogP contribution in [-0.4, -0.2) is 24.5 Å². The van der Waals surface area contributed by atoms with E-state index in [-0.39, 0.29) is 0 Å². The van der Waals surface area contributed by atoms with Crippen molar-refractivity contribution < 1.29 is 4.42 Å². The first kappa shape index (κ1) is 28.1. The molecular weight excluding hydrogens is 615 g/mol. The molecular formula is C44H27N5O. The molecule has 0 aliphatic heterocycles. The van der Waals surface area contributed by atoms with E-state index in [4.69, 9.17) is 19.4 Å². The zero-order valence-corrected chi connectivity index (χ0v) is 26.7. The molecule has 6 aromatic carbocycles. The number of hydrogen-bond acceptors (Lipinski definition) is 5. The fraction of sp³-hybridized carbons (Fsp3) is 0. The van der Waals surface area contributed by atoms with E-state index < -0.39 is 0 Å². The van der Waals surface area contributed by atoms with Crippen LogP contribution in [0, 0.1) is 0 Å². The van der Waals surface area contributed by atoms with Crippen LogP contribution < -0.4 is 0 Å². The molecule has 4 heterocycles. The van der Waals surface area contributed by atoms with E-state index >= 15 is 0 Å². The minimum Gasteiger partial charge on any atom is -0.455 e. The molecule has 0 atom stereocenters. The van der Waals surface area contributed by atoms with E-state index in [1.807, 2.05) is 36.7 Å². The molecule has 0 unspecified atom stereocenters. The van der Waals surface area contributed by atoms with E-state index in [2.05, 4.69) is 137 Å². The highest BCUT2D eigenvalue weighted by molar-refractivity contribution is 6.10. The van der Waals surface area contributed by atoms with Gasteiger partial charge < -0.3 is 4.42 Å². The molecule has 6 nitrogen and oxygen atoms in total. The Balaban J connectivity index is 1.13. The minimum absolute atomic E-state index is 0.565. The Labute approximate surface area is 287 Å². The maximum absolute atomic E-state index is 6.31. The Bertz CT molecular complexity index is 2800. The normalized spacial score (nSPS) is 11.6. The Morgan fingerprint density at radius 3 is 1.58 bits per heavy atom. The molecule has 234 valence electrons. The summed E-state index contributed by atoms with van der Waals surface area (Å²) in [5.74, 6) is 1.76. The van der Waals surface area contributed by atoms with E-state index in [1.54, 1.807) is 0 Å². The Hall–Kier alpha value is -6.92. The van der Waals surface area contributed by atoms with Gasteiger partial charge in [-0.25, -0.2) is 4.98 Å². The van der Waals surface area contributed by atoms with E-state index in [0.29, 0.717) is 17.6 Å². The van der Waals surface area contributed by atoms with Gasteiger partial charge in [0.15, 0.2) is 11.6 Å². The predicted molar refractivity (Wildman–Crippen MR) is 201 cm³/mol. The molecule has 50 heavy (non-hydrogen) atoms. The molecule has 0 N–H and O–H groups in total. The first-order valence-electron chi connectivity index (χ1n) is 16.5. The molecule has 0 fully saturated rings. The largest absolute Gasteiger partial charge is 0.455 e. The standard InChI is InChI=1S/C44H27N5O/c1-2-10-28(11-3-1)29-18-22-31(23-19-29)42-46-43(48-44(47-42)49-38-15-7-4-12-33(38)34-13-5-8-16-39(34)49)32-24-20-30(21-25-32)36-26-45-27-37-35-14-6-9-17-40(35)50-41(36)37/h1-27H. The van der Waals surface area contributed by atoms with E-state index in [0.717, 1.165) is 77.1 Å². The van der Waals surface area contributed by atoms with Crippen LogP contribution in [0.15, 0.2) is 168 Å². The highest BCUT2D eigenvalue weighted by Crippen LogP contribution is 2.36. The van der Waals surface area contributed by atoms with Crippen molar-refractivity contribution in [2.24, 2.45) is 0 Å². The molecule has 4 aromatic heterocycles. The van der Waals surface area contributed by atoms with Gasteiger partial charge in [0, 0.05) is 50.6 Å². The number of fused-ring (bicyclic) bond motifs is 6. The molecule has 0 spiro atoms. The van der Waals surface area contributed by atoms with E-state index in [1.165, 1.54) is 0 Å². The second-order valence-corrected chi connectivity index (χ2v) is 12.3. The van der Waals surface area contributed by atoms with Crippen molar-refractivity contribution in [3.05, 3.63) is 164 Å². The van der Waals surface area contributed by atoms with Gasteiger partial charge in [0.1, 0.15) is 11.2 Å². The topological polar surface area (TPSA) is 69.6 Å². The molecule has 0 amide bonds. The van der Waals surface area contributed by atoms with Crippen LogP contribution in [0.1, 0.15) is 0 Å². The van der Waals surface area contributed by atoms with Crippen molar-refractivity contribution in [2.75, 3.05) is 0 Å². The average Bonchev–Trinajstić information content (AvgIpc) is 3.74. The molecule has 0 saturated carbocycles. The van der Waals surface area contributed by atoms with Crippen molar-refractivity contribution >= 4 is 43.7 Å². The highest BCUT2D eigenvalue weighted by Gasteiger charge is 2.18. The lowest BCUT2D eigenvalue weighted by Crippen LogP contribution is -2.06. The lowest BCUT2D eigenvalue weighted by atomic mass is 10.0. The van der Waals surface area contributed by atoms with Gasteiger partial charge >= 0.3 is 0 Å². The minimum atomic E-state index is 0.565. The Morgan fingerprint density at radius 1 is 0.400 bits per heavy atom. The lowest BCUT2D eigenvalue weighted by Gasteiger charge is -2.11. The van der Waals surface area contributed by atoms with Crippen LogP contribution in [0.3, 0.4) is 0 Å². The number of furan rings is 1. The van der Waals surface area contributed by atoms with Crippen molar-refractivity contribution in [1.82, 2.24) is 24.5 Å². The number of benzene rings is 6. The molecule has 10 rings (SSSR count). The van der Waals surface area contributed by atoms with Crippen molar-refractivity contribution in [1.29, 1.82) is 0 Å². The first-order valence-corrected chi connectivity index (χ1v) is 16.5. The van der Waals surface area contributed by atoms with Crippen molar-refractivity contribution in [3.63, 3.8) is 0 Å². The zero-order valence-electron chi connectivity index (χ0n) is 26.7. The van der Waals surface area contributed by atoms with Crippen LogP contribution >= 0.6 is 0 Å². The van der Waals surface area contributed by atoms with Gasteiger partial charge in [-0.3, -0.25) is 9.55 Å². The summed E-state index contributed by atoms with van der Waals surface area (Å²) in [4.78, 5) is 19.9. The van der Waals surface area contributed by atoms with Gasteiger partial charge in [-0.1, -0.05) is 133 Å². The fourth-order valence-electron chi connectivity index (χ4n) is 6.95. The molecule has 6 heteroatoms. The molecule has 0 radical (unpaired) electrons. The van der Waals surface area contributed by atoms with Crippen LogP contribution in [0.2, 0.25) is 0 Å². The third-order valence-electron chi connectivity index (χ3n) is 9.39. The summed E-state index contributed by atoms with van der Waals surface area (Å²) in [5, 5.41) is 4.35. The number of aromatic nitrogens is 5. The maximum Gasteiger partial charge on any atom is 0.238 e. The van der Waals surface area contributed by atoms with Gasteiger partial charge in [0.25, 0.3) is 0 Å². The Morgan fingerprint density at radius 2 is 0.920 bits per heavy atom. The number of rotatable bonds is 5. The molecule has 0 aliphatic rings. The second-order valence-electron chi connectivity index (χ2n) is 12.3. The summed E-state index contributed by atoms with van der Waals surface area (Å²) < 4.78 is 8.44. The van der Waals surface area contributed by atoms with Crippen molar-refractivity contribution in [2.45, 2.75) is 0 Å². The van der Waals surface area contributed by atoms with Crippen LogP contribution in [0.25, 0.3) is 94.7 Å². The monoisotopic (exact) mass is 641 g/mol. The van der Waals surface area contributed by atoms with Crippen LogP contribution in [0.4, 0.5) is 0 Å². The highest BCUT2D eigenvalue weighted by atomic mass is 16.3.